The first-order chi connectivity index (χ1) is 13.6. The lowest BCUT2D eigenvalue weighted by atomic mass is 10.1. The second-order valence-electron chi connectivity index (χ2n) is 7.49. The quantitative estimate of drug-likeness (QED) is 0.555. The molecule has 1 amide bonds. The third-order valence-electron chi connectivity index (χ3n) is 5.43. The Morgan fingerprint density at radius 3 is 2.86 bits per heavy atom. The summed E-state index contributed by atoms with van der Waals surface area (Å²) in [5, 5.41) is 22.5. The zero-order valence-electron chi connectivity index (χ0n) is 16.3. The Hall–Kier alpha value is -1.85. The Balaban J connectivity index is 1.48. The molecule has 1 saturated carbocycles. The van der Waals surface area contributed by atoms with E-state index in [1.165, 1.54) is 35.9 Å². The second kappa shape index (κ2) is 8.26. The number of hydrogen-bond donors (Lipinski definition) is 1. The maximum Gasteiger partial charge on any atom is 0.238 e. The molecule has 0 bridgehead atoms. The normalized spacial score (nSPS) is 17.5. The Kier molecular flexibility index (Phi) is 5.74. The lowest BCUT2D eigenvalue weighted by Gasteiger charge is -2.12. The molecular formula is C20H25N5OS2. The van der Waals surface area contributed by atoms with E-state index in [9.17, 15) is 10.1 Å². The number of aromatic nitrogens is 3. The number of rotatable bonds is 6. The fraction of sp³-hybridized carbons (Fsp3) is 0.600. The van der Waals surface area contributed by atoms with Crippen LogP contribution in [-0.2, 0) is 24.2 Å². The Bertz CT molecular complexity index is 922. The van der Waals surface area contributed by atoms with Crippen molar-refractivity contribution in [3.8, 4) is 6.07 Å². The molecule has 0 unspecified atom stereocenters. The van der Waals surface area contributed by atoms with E-state index in [1.807, 2.05) is 6.92 Å². The third-order valence-corrected chi connectivity index (χ3v) is 7.71. The number of fused-ring (bicyclic) bond motifs is 1. The van der Waals surface area contributed by atoms with Gasteiger partial charge in [0.05, 0.1) is 10.8 Å². The van der Waals surface area contributed by atoms with Crippen LogP contribution in [0.1, 0.15) is 73.7 Å². The summed E-state index contributed by atoms with van der Waals surface area (Å²) in [6, 6.07) is 2.33. The van der Waals surface area contributed by atoms with Crippen molar-refractivity contribution in [2.45, 2.75) is 81.7 Å². The summed E-state index contributed by atoms with van der Waals surface area (Å²) in [6.45, 7) is 4.78. The van der Waals surface area contributed by atoms with Crippen molar-refractivity contribution < 1.29 is 4.79 Å². The smallest absolute Gasteiger partial charge is 0.238 e. The minimum absolute atomic E-state index is 0.0865. The van der Waals surface area contributed by atoms with E-state index >= 15 is 0 Å². The van der Waals surface area contributed by atoms with Crippen molar-refractivity contribution in [1.82, 2.24) is 14.8 Å². The average molecular weight is 416 g/mol. The molecule has 1 fully saturated rings. The molecule has 1 atom stereocenters. The van der Waals surface area contributed by atoms with Gasteiger partial charge in [0.15, 0.2) is 5.16 Å². The minimum Gasteiger partial charge on any atom is -0.316 e. The topological polar surface area (TPSA) is 83.6 Å². The van der Waals surface area contributed by atoms with Crippen molar-refractivity contribution in [1.29, 1.82) is 5.26 Å². The fourth-order valence-corrected chi connectivity index (χ4v) is 5.86. The van der Waals surface area contributed by atoms with Crippen LogP contribution in [-0.4, -0.2) is 25.9 Å². The van der Waals surface area contributed by atoms with E-state index in [4.69, 9.17) is 0 Å². The first-order valence-electron chi connectivity index (χ1n) is 10.1. The van der Waals surface area contributed by atoms with E-state index < -0.39 is 0 Å². The number of carbonyl (C=O) groups is 1. The number of thiophene rings is 1. The molecule has 2 aliphatic rings. The molecule has 8 heteroatoms. The predicted molar refractivity (Wildman–Crippen MR) is 112 cm³/mol. The van der Waals surface area contributed by atoms with Crippen molar-refractivity contribution in [2.75, 3.05) is 5.32 Å². The SMILES string of the molecule is CCn1c(S[C@H](C)C(=O)Nc2sc3c(c2C#N)CCCCC3)nnc1C1CC1. The van der Waals surface area contributed by atoms with Gasteiger partial charge in [-0.1, -0.05) is 18.2 Å². The van der Waals surface area contributed by atoms with Gasteiger partial charge in [-0.3, -0.25) is 4.79 Å². The highest BCUT2D eigenvalue weighted by atomic mass is 32.2. The summed E-state index contributed by atoms with van der Waals surface area (Å²) in [5.41, 5.74) is 1.82. The number of nitrogens with one attached hydrogen (secondary N) is 1. The zero-order chi connectivity index (χ0) is 19.7. The highest BCUT2D eigenvalue weighted by molar-refractivity contribution is 8.00. The molecule has 0 aliphatic heterocycles. The molecule has 28 heavy (non-hydrogen) atoms. The Labute approximate surface area is 173 Å². The van der Waals surface area contributed by atoms with Crippen molar-refractivity contribution in [3.63, 3.8) is 0 Å². The Morgan fingerprint density at radius 2 is 2.14 bits per heavy atom. The molecule has 2 aromatic heterocycles. The highest BCUT2D eigenvalue weighted by Crippen LogP contribution is 2.41. The number of amides is 1. The molecule has 2 aromatic rings. The molecule has 6 nitrogen and oxygen atoms in total. The van der Waals surface area contributed by atoms with Gasteiger partial charge in [-0.2, -0.15) is 5.26 Å². The minimum atomic E-state index is -0.310. The van der Waals surface area contributed by atoms with Crippen LogP contribution < -0.4 is 5.32 Å². The van der Waals surface area contributed by atoms with E-state index in [0.717, 1.165) is 48.8 Å². The van der Waals surface area contributed by atoms with Gasteiger partial charge in [-0.15, -0.1) is 21.5 Å². The number of nitriles is 1. The molecule has 0 radical (unpaired) electrons. The summed E-state index contributed by atoms with van der Waals surface area (Å²) in [7, 11) is 0. The third kappa shape index (κ3) is 3.83. The molecule has 148 valence electrons. The van der Waals surface area contributed by atoms with Crippen LogP contribution in [0.4, 0.5) is 5.00 Å². The molecule has 4 rings (SSSR count). The van der Waals surface area contributed by atoms with Gasteiger partial charge >= 0.3 is 0 Å². The van der Waals surface area contributed by atoms with Crippen LogP contribution in [0.2, 0.25) is 0 Å². The summed E-state index contributed by atoms with van der Waals surface area (Å²) in [5.74, 6) is 1.49. The summed E-state index contributed by atoms with van der Waals surface area (Å²) >= 11 is 3.02. The van der Waals surface area contributed by atoms with Crippen LogP contribution in [0.5, 0.6) is 0 Å². The summed E-state index contributed by atoms with van der Waals surface area (Å²) in [4.78, 5) is 14.1. The van der Waals surface area contributed by atoms with Crippen molar-refractivity contribution >= 4 is 34.0 Å². The lowest BCUT2D eigenvalue weighted by Crippen LogP contribution is -2.23. The standard InChI is InChI=1S/C20H25N5OS2/c1-3-25-17(13-9-10-13)23-24-20(25)27-12(2)18(26)22-19-15(11-21)14-7-5-4-6-8-16(14)28-19/h12-13H,3-10H2,1-2H3,(H,22,26)/t12-/m1/s1. The average Bonchev–Trinajstić information content (AvgIpc) is 3.43. The molecule has 0 spiro atoms. The molecule has 0 aromatic carbocycles. The van der Waals surface area contributed by atoms with Crippen LogP contribution in [0.25, 0.3) is 0 Å². The van der Waals surface area contributed by atoms with Crippen molar-refractivity contribution in [2.24, 2.45) is 0 Å². The van der Waals surface area contributed by atoms with Crippen LogP contribution in [0.3, 0.4) is 0 Å². The molecule has 0 saturated heterocycles. The highest BCUT2D eigenvalue weighted by Gasteiger charge is 2.31. The number of aryl methyl sites for hydroxylation is 1. The number of nitrogens with zero attached hydrogens (tertiary/aromatic N) is 4. The van der Waals surface area contributed by atoms with E-state index in [1.54, 1.807) is 11.3 Å². The van der Waals surface area contributed by atoms with Gasteiger partial charge in [0.25, 0.3) is 0 Å². The van der Waals surface area contributed by atoms with E-state index in [2.05, 4.69) is 33.1 Å². The number of carbonyl (C=O) groups excluding carboxylic acids is 1. The van der Waals surface area contributed by atoms with Gasteiger partial charge in [0, 0.05) is 17.3 Å². The van der Waals surface area contributed by atoms with E-state index in [0.29, 0.717) is 16.5 Å². The molecule has 1 N–H and O–H groups in total. The summed E-state index contributed by atoms with van der Waals surface area (Å²) < 4.78 is 2.13. The van der Waals surface area contributed by atoms with Crippen molar-refractivity contribution in [3.05, 3.63) is 21.8 Å². The van der Waals surface area contributed by atoms with Gasteiger partial charge in [-0.05, 0) is 57.9 Å². The number of hydrogen-bond acceptors (Lipinski definition) is 6. The largest absolute Gasteiger partial charge is 0.316 e. The van der Waals surface area contributed by atoms with Gasteiger partial charge in [0.2, 0.25) is 5.91 Å². The monoisotopic (exact) mass is 415 g/mol. The maximum absolute atomic E-state index is 12.8. The van der Waals surface area contributed by atoms with Crippen LogP contribution >= 0.6 is 23.1 Å². The fourth-order valence-electron chi connectivity index (χ4n) is 3.70. The van der Waals surface area contributed by atoms with E-state index in [-0.39, 0.29) is 11.2 Å². The van der Waals surface area contributed by atoms with Crippen LogP contribution in [0, 0.1) is 11.3 Å². The lowest BCUT2D eigenvalue weighted by molar-refractivity contribution is -0.115. The van der Waals surface area contributed by atoms with Gasteiger partial charge < -0.3 is 9.88 Å². The molecule has 2 heterocycles. The van der Waals surface area contributed by atoms with Gasteiger partial charge in [0.1, 0.15) is 16.9 Å². The second-order valence-corrected chi connectivity index (χ2v) is 9.90. The zero-order valence-corrected chi connectivity index (χ0v) is 18.0. The summed E-state index contributed by atoms with van der Waals surface area (Å²) in [6.07, 6.45) is 7.80. The first kappa shape index (κ1) is 19.5. The number of thioether (sulfide) groups is 1. The first-order valence-corrected chi connectivity index (χ1v) is 11.8. The molecular weight excluding hydrogens is 390 g/mol. The number of anilines is 1. The molecule has 2 aliphatic carbocycles. The van der Waals surface area contributed by atoms with Gasteiger partial charge in [-0.25, -0.2) is 0 Å². The Morgan fingerprint density at radius 1 is 1.36 bits per heavy atom. The maximum atomic E-state index is 12.8. The predicted octanol–water partition coefficient (Wildman–Crippen LogP) is 4.50. The van der Waals surface area contributed by atoms with Crippen LogP contribution in [0.15, 0.2) is 5.16 Å².